The molecule has 2 aromatic carbocycles. The van der Waals surface area contributed by atoms with E-state index in [2.05, 4.69) is 15.9 Å². The zero-order chi connectivity index (χ0) is 14.0. The molecule has 2 aromatic rings. The Hall–Kier alpha value is -1.10. The van der Waals surface area contributed by atoms with Crippen LogP contribution in [-0.2, 0) is 0 Å². The van der Waals surface area contributed by atoms with Gasteiger partial charge in [0.2, 0.25) is 0 Å². The zero-order valence-corrected chi connectivity index (χ0v) is 12.4. The molecule has 2 nitrogen and oxygen atoms in total. The van der Waals surface area contributed by atoms with Crippen LogP contribution in [0.4, 0.5) is 4.39 Å². The van der Waals surface area contributed by atoms with E-state index in [9.17, 15) is 9.50 Å². The molecule has 1 N–H and O–H groups in total. The lowest BCUT2D eigenvalue weighted by molar-refractivity contribution is 0.199. The third kappa shape index (κ3) is 3.47. The van der Waals surface area contributed by atoms with Crippen molar-refractivity contribution in [2.24, 2.45) is 0 Å². The summed E-state index contributed by atoms with van der Waals surface area (Å²) in [4.78, 5) is 0. The lowest BCUT2D eigenvalue weighted by Gasteiger charge is -2.11. The molecular weight excluding hydrogens is 335 g/mol. The smallest absolute Gasteiger partial charge is 0.145 e. The van der Waals surface area contributed by atoms with Gasteiger partial charge in [-0.3, -0.25) is 0 Å². The molecule has 0 aliphatic carbocycles. The molecular formula is C14H11BrClFO2. The van der Waals surface area contributed by atoms with Crippen LogP contribution in [0.3, 0.4) is 0 Å². The molecule has 0 spiro atoms. The molecule has 2 rings (SSSR count). The van der Waals surface area contributed by atoms with Gasteiger partial charge in [-0.05, 0) is 52.7 Å². The van der Waals surface area contributed by atoms with Gasteiger partial charge in [-0.2, -0.15) is 0 Å². The largest absolute Gasteiger partial charge is 0.456 e. The Morgan fingerprint density at radius 3 is 2.58 bits per heavy atom. The number of rotatable bonds is 3. The minimum atomic E-state index is -0.557. The van der Waals surface area contributed by atoms with Crippen LogP contribution in [0.25, 0.3) is 0 Å². The minimum absolute atomic E-state index is 0.0517. The monoisotopic (exact) mass is 344 g/mol. The molecule has 0 fully saturated rings. The molecule has 0 heterocycles. The average Bonchev–Trinajstić information content (AvgIpc) is 2.36. The van der Waals surface area contributed by atoms with E-state index in [1.807, 2.05) is 0 Å². The highest BCUT2D eigenvalue weighted by molar-refractivity contribution is 9.10. The molecule has 100 valence electrons. The van der Waals surface area contributed by atoms with E-state index < -0.39 is 11.9 Å². The van der Waals surface area contributed by atoms with Crippen molar-refractivity contribution in [1.82, 2.24) is 0 Å². The molecule has 0 aliphatic heterocycles. The lowest BCUT2D eigenvalue weighted by Crippen LogP contribution is -1.92. The van der Waals surface area contributed by atoms with Crippen molar-refractivity contribution in [1.29, 1.82) is 0 Å². The van der Waals surface area contributed by atoms with Crippen LogP contribution in [0, 0.1) is 5.82 Å². The van der Waals surface area contributed by atoms with Crippen molar-refractivity contribution < 1.29 is 14.2 Å². The van der Waals surface area contributed by atoms with E-state index in [1.54, 1.807) is 31.2 Å². The minimum Gasteiger partial charge on any atom is -0.456 e. The Morgan fingerprint density at radius 1 is 1.26 bits per heavy atom. The molecule has 0 aliphatic rings. The Kier molecular flexibility index (Phi) is 4.45. The van der Waals surface area contributed by atoms with E-state index in [4.69, 9.17) is 16.3 Å². The van der Waals surface area contributed by atoms with Crippen LogP contribution < -0.4 is 4.74 Å². The molecule has 19 heavy (non-hydrogen) atoms. The van der Waals surface area contributed by atoms with E-state index >= 15 is 0 Å². The van der Waals surface area contributed by atoms with E-state index in [-0.39, 0.29) is 5.02 Å². The topological polar surface area (TPSA) is 29.5 Å². The average molecular weight is 346 g/mol. The van der Waals surface area contributed by atoms with E-state index in [0.29, 0.717) is 16.0 Å². The second kappa shape index (κ2) is 5.90. The molecule has 0 unspecified atom stereocenters. The number of hydrogen-bond acceptors (Lipinski definition) is 2. The number of aliphatic hydroxyl groups excluding tert-OH is 1. The van der Waals surface area contributed by atoms with Gasteiger partial charge in [-0.25, -0.2) is 4.39 Å². The first-order chi connectivity index (χ1) is 8.97. The van der Waals surface area contributed by atoms with Gasteiger partial charge in [0.05, 0.1) is 15.6 Å². The van der Waals surface area contributed by atoms with Crippen LogP contribution in [0.2, 0.25) is 5.02 Å². The van der Waals surface area contributed by atoms with Gasteiger partial charge in [0.15, 0.2) is 0 Å². The summed E-state index contributed by atoms with van der Waals surface area (Å²) in [5.41, 5.74) is 0.765. The number of aliphatic hydroxyl groups is 1. The molecule has 0 saturated heterocycles. The van der Waals surface area contributed by atoms with Crippen LogP contribution in [0.1, 0.15) is 18.6 Å². The number of benzene rings is 2. The molecule has 0 bridgehead atoms. The van der Waals surface area contributed by atoms with Crippen molar-refractivity contribution in [3.8, 4) is 11.5 Å². The molecule has 1 atom stereocenters. The van der Waals surface area contributed by atoms with Crippen molar-refractivity contribution in [3.05, 3.63) is 57.3 Å². The second-order valence-corrected chi connectivity index (χ2v) is 5.31. The van der Waals surface area contributed by atoms with Crippen molar-refractivity contribution in [3.63, 3.8) is 0 Å². The maximum atomic E-state index is 13.3. The van der Waals surface area contributed by atoms with Gasteiger partial charge in [-0.15, -0.1) is 0 Å². The van der Waals surface area contributed by atoms with Crippen molar-refractivity contribution in [2.75, 3.05) is 0 Å². The van der Waals surface area contributed by atoms with E-state index in [0.717, 1.165) is 5.56 Å². The summed E-state index contributed by atoms with van der Waals surface area (Å²) in [7, 11) is 0. The highest BCUT2D eigenvalue weighted by atomic mass is 79.9. The van der Waals surface area contributed by atoms with Crippen molar-refractivity contribution >= 4 is 27.5 Å². The molecule has 0 aromatic heterocycles. The summed E-state index contributed by atoms with van der Waals surface area (Å²) in [6.45, 7) is 1.68. The number of ether oxygens (including phenoxy) is 1. The summed E-state index contributed by atoms with van der Waals surface area (Å²) in [6.07, 6.45) is -0.557. The van der Waals surface area contributed by atoms with Crippen LogP contribution in [-0.4, -0.2) is 5.11 Å². The molecule has 0 amide bonds. The van der Waals surface area contributed by atoms with Crippen molar-refractivity contribution in [2.45, 2.75) is 13.0 Å². The highest BCUT2D eigenvalue weighted by Gasteiger charge is 2.08. The lowest BCUT2D eigenvalue weighted by atomic mass is 10.1. The molecule has 0 saturated carbocycles. The predicted octanol–water partition coefficient (Wildman–Crippen LogP) is 5.09. The van der Waals surface area contributed by atoms with E-state index in [1.165, 1.54) is 12.1 Å². The fourth-order valence-corrected chi connectivity index (χ4v) is 2.12. The van der Waals surface area contributed by atoms with Gasteiger partial charge in [0.25, 0.3) is 0 Å². The summed E-state index contributed by atoms with van der Waals surface area (Å²) >= 11 is 8.95. The van der Waals surface area contributed by atoms with Gasteiger partial charge in [0.1, 0.15) is 17.3 Å². The molecule has 0 radical (unpaired) electrons. The molecule has 5 heteroatoms. The summed E-state index contributed by atoms with van der Waals surface area (Å²) in [6, 6.07) is 9.45. The Balaban J connectivity index is 2.25. The maximum absolute atomic E-state index is 13.3. The Bertz CT molecular complexity index is 602. The highest BCUT2D eigenvalue weighted by Crippen LogP contribution is 2.33. The fourth-order valence-electron chi connectivity index (χ4n) is 1.53. The SMILES string of the molecule is C[C@@H](O)c1ccc(Oc2ccc(Cl)c(F)c2)c(Br)c1. The standard InChI is InChI=1S/C14H11BrClFO2/c1-8(18)9-2-5-14(11(15)6-9)19-10-3-4-12(16)13(17)7-10/h2-8,18H,1H3/t8-/m1/s1. The predicted molar refractivity (Wildman–Crippen MR) is 76.3 cm³/mol. The summed E-state index contributed by atoms with van der Waals surface area (Å²) < 4.78 is 19.5. The van der Waals surface area contributed by atoms with Crippen LogP contribution in [0.15, 0.2) is 40.9 Å². The van der Waals surface area contributed by atoms with Gasteiger partial charge in [0, 0.05) is 6.07 Å². The third-order valence-electron chi connectivity index (χ3n) is 2.56. The fraction of sp³-hybridized carbons (Fsp3) is 0.143. The number of halogens is 3. The van der Waals surface area contributed by atoms with Crippen LogP contribution >= 0.6 is 27.5 Å². The first-order valence-corrected chi connectivity index (χ1v) is 6.75. The quantitative estimate of drug-likeness (QED) is 0.840. The first kappa shape index (κ1) is 14.3. The van der Waals surface area contributed by atoms with Gasteiger partial charge in [-0.1, -0.05) is 17.7 Å². The van der Waals surface area contributed by atoms with Gasteiger partial charge >= 0.3 is 0 Å². The third-order valence-corrected chi connectivity index (χ3v) is 3.48. The second-order valence-electron chi connectivity index (χ2n) is 4.04. The summed E-state index contributed by atoms with van der Waals surface area (Å²) in [5, 5.41) is 9.52. The Labute approximate surface area is 123 Å². The van der Waals surface area contributed by atoms with Crippen LogP contribution in [0.5, 0.6) is 11.5 Å². The Morgan fingerprint density at radius 2 is 2.00 bits per heavy atom. The normalized spacial score (nSPS) is 12.3. The van der Waals surface area contributed by atoms with Gasteiger partial charge < -0.3 is 9.84 Å². The number of hydrogen-bond donors (Lipinski definition) is 1. The zero-order valence-electron chi connectivity index (χ0n) is 10.0. The first-order valence-electron chi connectivity index (χ1n) is 5.58. The maximum Gasteiger partial charge on any atom is 0.145 e. The summed E-state index contributed by atoms with van der Waals surface area (Å²) in [5.74, 6) is 0.356.